The minimum absolute atomic E-state index is 0.0315. The van der Waals surface area contributed by atoms with E-state index >= 15 is 0 Å². The van der Waals surface area contributed by atoms with Crippen molar-refractivity contribution in [1.29, 1.82) is 0 Å². The lowest BCUT2D eigenvalue weighted by molar-refractivity contribution is -0.145. The van der Waals surface area contributed by atoms with Crippen LogP contribution in [0.25, 0.3) is 0 Å². The molecule has 0 radical (unpaired) electrons. The molecule has 2 saturated heterocycles. The lowest BCUT2D eigenvalue weighted by Crippen LogP contribution is -2.60. The van der Waals surface area contributed by atoms with E-state index in [2.05, 4.69) is 0 Å². The minimum Gasteiger partial charge on any atom is -0.481 e. The van der Waals surface area contributed by atoms with Crippen LogP contribution in [-0.4, -0.2) is 65.8 Å². The van der Waals surface area contributed by atoms with E-state index in [-0.39, 0.29) is 23.9 Å². The number of likely N-dealkylation sites (tertiary alicyclic amines) is 1. The van der Waals surface area contributed by atoms with Crippen LogP contribution in [0, 0.1) is 11.8 Å². The molecule has 2 aliphatic rings. The highest BCUT2D eigenvalue weighted by molar-refractivity contribution is 5.77. The molecule has 2 fully saturated rings. The zero-order valence-corrected chi connectivity index (χ0v) is 11.5. The van der Waals surface area contributed by atoms with Crippen LogP contribution in [0.2, 0.25) is 0 Å². The number of morpholine rings is 1. The van der Waals surface area contributed by atoms with E-state index in [0.29, 0.717) is 32.8 Å². The van der Waals surface area contributed by atoms with Gasteiger partial charge in [-0.2, -0.15) is 0 Å². The van der Waals surface area contributed by atoms with Crippen molar-refractivity contribution in [3.8, 4) is 0 Å². The van der Waals surface area contributed by atoms with E-state index in [1.54, 1.807) is 11.8 Å². The Labute approximate surface area is 113 Å². The number of hydrogen-bond donors (Lipinski definition) is 1. The molecule has 0 spiro atoms. The average molecular weight is 270 g/mol. The fraction of sp³-hybridized carbons (Fsp3) is 0.846. The fourth-order valence-electron chi connectivity index (χ4n) is 2.61. The Morgan fingerprint density at radius 2 is 2.11 bits per heavy atom. The number of carbonyl (C=O) groups is 2. The molecule has 2 amide bonds. The number of carboxylic acids is 1. The molecule has 6 nitrogen and oxygen atoms in total. The van der Waals surface area contributed by atoms with E-state index in [1.807, 2.05) is 11.8 Å². The van der Waals surface area contributed by atoms with Crippen molar-refractivity contribution in [1.82, 2.24) is 9.80 Å². The zero-order valence-electron chi connectivity index (χ0n) is 11.5. The van der Waals surface area contributed by atoms with Crippen LogP contribution in [0.1, 0.15) is 20.3 Å². The molecule has 108 valence electrons. The number of carboxylic acid groups (broad SMARTS) is 1. The highest BCUT2D eigenvalue weighted by Gasteiger charge is 2.40. The predicted molar refractivity (Wildman–Crippen MR) is 68.9 cm³/mol. The van der Waals surface area contributed by atoms with Crippen molar-refractivity contribution in [2.24, 2.45) is 11.8 Å². The molecule has 1 N–H and O–H groups in total. The predicted octanol–water partition coefficient (Wildman–Crippen LogP) is 0.870. The van der Waals surface area contributed by atoms with Gasteiger partial charge in [0.05, 0.1) is 25.2 Å². The van der Waals surface area contributed by atoms with Crippen LogP contribution in [0.3, 0.4) is 0 Å². The number of urea groups is 1. The third-order valence-corrected chi connectivity index (χ3v) is 4.22. The van der Waals surface area contributed by atoms with Crippen LogP contribution < -0.4 is 0 Å². The summed E-state index contributed by atoms with van der Waals surface area (Å²) < 4.78 is 5.39. The Hall–Kier alpha value is -1.30. The third-order valence-electron chi connectivity index (χ3n) is 4.22. The number of aliphatic carboxylic acids is 1. The van der Waals surface area contributed by atoms with E-state index < -0.39 is 5.97 Å². The summed E-state index contributed by atoms with van der Waals surface area (Å²) in [6, 6.07) is 0.182. The molecule has 2 atom stereocenters. The smallest absolute Gasteiger partial charge is 0.320 e. The highest BCUT2D eigenvalue weighted by Crippen LogP contribution is 2.26. The molecule has 0 saturated carbocycles. The Kier molecular flexibility index (Phi) is 4.29. The van der Waals surface area contributed by atoms with Crippen molar-refractivity contribution in [2.75, 3.05) is 32.8 Å². The SMILES string of the molecule is CCC1COCCN1C(=O)N1CC(C(C)C(=O)O)C1. The van der Waals surface area contributed by atoms with Gasteiger partial charge in [-0.3, -0.25) is 4.79 Å². The van der Waals surface area contributed by atoms with Gasteiger partial charge >= 0.3 is 12.0 Å². The summed E-state index contributed by atoms with van der Waals surface area (Å²) in [4.78, 5) is 26.8. The van der Waals surface area contributed by atoms with E-state index in [1.165, 1.54) is 0 Å². The average Bonchev–Trinajstić information content (AvgIpc) is 2.36. The molecule has 0 aromatic heterocycles. The maximum atomic E-state index is 12.3. The number of nitrogens with zero attached hydrogens (tertiary/aromatic N) is 2. The van der Waals surface area contributed by atoms with Crippen molar-refractivity contribution in [3.63, 3.8) is 0 Å². The molecular weight excluding hydrogens is 248 g/mol. The molecule has 0 aromatic rings. The van der Waals surface area contributed by atoms with Crippen LogP contribution >= 0.6 is 0 Å². The van der Waals surface area contributed by atoms with Gasteiger partial charge in [0.15, 0.2) is 0 Å². The van der Waals surface area contributed by atoms with Crippen molar-refractivity contribution in [3.05, 3.63) is 0 Å². The molecule has 0 aliphatic carbocycles. The van der Waals surface area contributed by atoms with Crippen LogP contribution in [0.4, 0.5) is 4.79 Å². The highest BCUT2D eigenvalue weighted by atomic mass is 16.5. The lowest BCUT2D eigenvalue weighted by Gasteiger charge is -2.46. The molecule has 0 bridgehead atoms. The van der Waals surface area contributed by atoms with E-state index in [9.17, 15) is 9.59 Å². The van der Waals surface area contributed by atoms with Crippen LogP contribution in [0.5, 0.6) is 0 Å². The monoisotopic (exact) mass is 270 g/mol. The topological polar surface area (TPSA) is 70.1 Å². The molecule has 6 heteroatoms. The minimum atomic E-state index is -0.782. The van der Waals surface area contributed by atoms with Crippen molar-refractivity contribution >= 4 is 12.0 Å². The normalized spacial score (nSPS) is 25.9. The maximum absolute atomic E-state index is 12.3. The van der Waals surface area contributed by atoms with Gasteiger partial charge in [-0.1, -0.05) is 13.8 Å². The molecule has 2 unspecified atom stereocenters. The third kappa shape index (κ3) is 2.83. The van der Waals surface area contributed by atoms with Crippen LogP contribution in [0.15, 0.2) is 0 Å². The van der Waals surface area contributed by atoms with Gasteiger partial charge in [-0.15, -0.1) is 0 Å². The molecule has 2 rings (SSSR count). The summed E-state index contributed by atoms with van der Waals surface area (Å²) in [5, 5.41) is 8.94. The summed E-state index contributed by atoms with van der Waals surface area (Å²) in [6.45, 7) is 6.69. The van der Waals surface area contributed by atoms with Gasteiger partial charge in [0.1, 0.15) is 0 Å². The Balaban J connectivity index is 1.87. The van der Waals surface area contributed by atoms with Gasteiger partial charge in [-0.05, 0) is 6.42 Å². The van der Waals surface area contributed by atoms with Gasteiger partial charge in [-0.25, -0.2) is 4.79 Å². The largest absolute Gasteiger partial charge is 0.481 e. The molecule has 0 aromatic carbocycles. The van der Waals surface area contributed by atoms with Crippen molar-refractivity contribution in [2.45, 2.75) is 26.3 Å². The summed E-state index contributed by atoms with van der Waals surface area (Å²) in [5.74, 6) is -1.08. The second-order valence-electron chi connectivity index (χ2n) is 5.40. The Morgan fingerprint density at radius 3 is 2.68 bits per heavy atom. The molecule has 2 heterocycles. The number of ether oxygens (including phenoxy) is 1. The summed E-state index contributed by atoms with van der Waals surface area (Å²) in [5.41, 5.74) is 0. The molecular formula is C13H22N2O4. The standard InChI is InChI=1S/C13H22N2O4/c1-3-11-8-19-5-4-15(11)13(18)14-6-10(7-14)9(2)12(16)17/h9-11H,3-8H2,1-2H3,(H,16,17). The van der Waals surface area contributed by atoms with Crippen molar-refractivity contribution < 1.29 is 19.4 Å². The second kappa shape index (κ2) is 5.77. The fourth-order valence-corrected chi connectivity index (χ4v) is 2.61. The number of rotatable bonds is 3. The molecule has 2 aliphatic heterocycles. The second-order valence-corrected chi connectivity index (χ2v) is 5.40. The Bertz CT molecular complexity index is 355. The molecule has 19 heavy (non-hydrogen) atoms. The summed E-state index contributed by atoms with van der Waals surface area (Å²) in [7, 11) is 0. The number of hydrogen-bond acceptors (Lipinski definition) is 3. The maximum Gasteiger partial charge on any atom is 0.320 e. The summed E-state index contributed by atoms with van der Waals surface area (Å²) in [6.07, 6.45) is 0.883. The first-order valence-electron chi connectivity index (χ1n) is 6.90. The Morgan fingerprint density at radius 1 is 1.42 bits per heavy atom. The quantitative estimate of drug-likeness (QED) is 0.826. The van der Waals surface area contributed by atoms with Gasteiger partial charge < -0.3 is 19.6 Å². The first-order chi connectivity index (χ1) is 9.04. The first kappa shape index (κ1) is 14.1. The van der Waals surface area contributed by atoms with Gasteiger partial charge in [0.25, 0.3) is 0 Å². The summed E-state index contributed by atoms with van der Waals surface area (Å²) >= 11 is 0. The van der Waals surface area contributed by atoms with E-state index in [4.69, 9.17) is 9.84 Å². The number of carbonyl (C=O) groups excluding carboxylic acids is 1. The first-order valence-corrected chi connectivity index (χ1v) is 6.90. The zero-order chi connectivity index (χ0) is 14.0. The van der Waals surface area contributed by atoms with Gasteiger partial charge in [0.2, 0.25) is 0 Å². The van der Waals surface area contributed by atoms with E-state index in [0.717, 1.165) is 6.42 Å². The number of amides is 2. The van der Waals surface area contributed by atoms with Crippen LogP contribution in [-0.2, 0) is 9.53 Å². The van der Waals surface area contributed by atoms with Gasteiger partial charge in [0, 0.05) is 25.6 Å². The lowest BCUT2D eigenvalue weighted by atomic mass is 9.87.